The van der Waals surface area contributed by atoms with Crippen LogP contribution in [0.3, 0.4) is 0 Å². The van der Waals surface area contributed by atoms with E-state index in [0.29, 0.717) is 0 Å². The third-order valence-corrected chi connectivity index (χ3v) is 4.13. The van der Waals surface area contributed by atoms with Gasteiger partial charge in [-0.3, -0.25) is 4.79 Å². The number of hydrogen-bond acceptors (Lipinski definition) is 4. The zero-order valence-electron chi connectivity index (χ0n) is 9.39. The van der Waals surface area contributed by atoms with Gasteiger partial charge in [-0.25, -0.2) is 17.5 Å². The number of ether oxygens (including phenoxy) is 1. The molecule has 1 N–H and O–H groups in total. The van der Waals surface area contributed by atoms with E-state index in [1.807, 2.05) is 0 Å². The molecule has 1 rings (SSSR count). The maximum atomic E-state index is 12.9. The second-order valence-electron chi connectivity index (χ2n) is 3.30. The summed E-state index contributed by atoms with van der Waals surface area (Å²) in [5.74, 6) is -1.25. The minimum absolute atomic E-state index is 0.189. The Balaban J connectivity index is 2.75. The van der Waals surface area contributed by atoms with Crippen molar-refractivity contribution in [2.75, 3.05) is 13.7 Å². The van der Waals surface area contributed by atoms with Gasteiger partial charge in [-0.2, -0.15) is 0 Å². The number of halogens is 2. The van der Waals surface area contributed by atoms with Crippen LogP contribution in [0, 0.1) is 5.82 Å². The van der Waals surface area contributed by atoms with Gasteiger partial charge in [0.05, 0.1) is 12.0 Å². The zero-order valence-corrected chi connectivity index (χ0v) is 11.8. The van der Waals surface area contributed by atoms with Gasteiger partial charge >= 0.3 is 5.97 Å². The molecule has 0 spiro atoms. The molecule has 0 heterocycles. The van der Waals surface area contributed by atoms with E-state index in [2.05, 4.69) is 25.4 Å². The molecule has 100 valence electrons. The Labute approximate surface area is 113 Å². The van der Waals surface area contributed by atoms with Crippen LogP contribution in [-0.4, -0.2) is 32.9 Å². The lowest BCUT2D eigenvalue weighted by Gasteiger charge is -2.10. The molecule has 0 fully saturated rings. The van der Waals surface area contributed by atoms with Crippen molar-refractivity contribution in [1.29, 1.82) is 0 Å². The molecule has 0 aromatic heterocycles. The highest BCUT2D eigenvalue weighted by atomic mass is 79.9. The molecule has 0 aliphatic carbocycles. The van der Waals surface area contributed by atoms with Crippen LogP contribution in [-0.2, 0) is 19.6 Å². The molecule has 5 nitrogen and oxygen atoms in total. The quantitative estimate of drug-likeness (QED) is 0.642. The van der Waals surface area contributed by atoms with Crippen molar-refractivity contribution < 1.29 is 22.3 Å². The number of benzene rings is 1. The van der Waals surface area contributed by atoms with Crippen LogP contribution in [0.1, 0.15) is 0 Å². The summed E-state index contributed by atoms with van der Waals surface area (Å²) in [5.41, 5.74) is 0. The van der Waals surface area contributed by atoms with Crippen LogP contribution < -0.4 is 4.72 Å². The summed E-state index contributed by atoms with van der Waals surface area (Å²) in [4.78, 5) is 10.1. The van der Waals surface area contributed by atoms with E-state index < -0.39 is 26.6 Å². The van der Waals surface area contributed by atoms with Gasteiger partial charge < -0.3 is 4.74 Å². The van der Waals surface area contributed by atoms with E-state index >= 15 is 0 Å². The minimum atomic E-state index is -3.85. The van der Waals surface area contributed by atoms with E-state index in [1.165, 1.54) is 19.2 Å². The van der Waals surface area contributed by atoms with Crippen LogP contribution >= 0.6 is 15.9 Å². The monoisotopic (exact) mass is 339 g/mol. The summed E-state index contributed by atoms with van der Waals surface area (Å²) in [6.45, 7) is -0.189. The van der Waals surface area contributed by atoms with Gasteiger partial charge in [-0.05, 0) is 18.2 Å². The smallest absolute Gasteiger partial charge is 0.320 e. The van der Waals surface area contributed by atoms with E-state index in [1.54, 1.807) is 0 Å². The van der Waals surface area contributed by atoms with Crippen molar-refractivity contribution >= 4 is 31.9 Å². The first-order valence-electron chi connectivity index (χ1n) is 4.84. The van der Waals surface area contributed by atoms with Crippen LogP contribution in [0.5, 0.6) is 0 Å². The van der Waals surface area contributed by atoms with E-state index in [-0.39, 0.29) is 11.4 Å². The lowest BCUT2D eigenvalue weighted by Crippen LogP contribution is -2.33. The third-order valence-electron chi connectivity index (χ3n) is 2.02. The van der Waals surface area contributed by atoms with Gasteiger partial charge in [0.15, 0.2) is 0 Å². The summed E-state index contributed by atoms with van der Waals surface area (Å²) in [6, 6.07) is 4.58. The average molecular weight is 340 g/mol. The number of hydrogen-bond donors (Lipinski definition) is 1. The lowest BCUT2D eigenvalue weighted by molar-refractivity contribution is -0.139. The highest BCUT2D eigenvalue weighted by Crippen LogP contribution is 2.11. The second-order valence-corrected chi connectivity index (χ2v) is 6.17. The zero-order chi connectivity index (χ0) is 13.8. The highest BCUT2D eigenvalue weighted by molar-refractivity contribution is 9.10. The van der Waals surface area contributed by atoms with Gasteiger partial charge in [0.2, 0.25) is 10.0 Å². The van der Waals surface area contributed by atoms with Gasteiger partial charge in [0.25, 0.3) is 0 Å². The lowest BCUT2D eigenvalue weighted by atomic mass is 10.4. The molecule has 0 radical (unpaired) electrons. The fourth-order valence-electron chi connectivity index (χ4n) is 1.11. The van der Waals surface area contributed by atoms with Crippen LogP contribution in [0.15, 0.2) is 29.2 Å². The summed E-state index contributed by atoms with van der Waals surface area (Å²) in [7, 11) is -2.66. The third kappa shape index (κ3) is 4.04. The molecule has 8 heteroatoms. The first-order valence-corrected chi connectivity index (χ1v) is 7.24. The van der Waals surface area contributed by atoms with E-state index in [9.17, 15) is 17.6 Å². The second kappa shape index (κ2) is 6.26. The summed E-state index contributed by atoms with van der Waals surface area (Å²) < 4.78 is 43.0. The molecule has 0 saturated heterocycles. The molecular formula is C10H11BrFNO4S. The number of alkyl halides is 1. The first-order chi connectivity index (χ1) is 8.36. The van der Waals surface area contributed by atoms with Crippen molar-refractivity contribution in [2.24, 2.45) is 0 Å². The largest absolute Gasteiger partial charge is 0.468 e. The molecule has 0 amide bonds. The fourth-order valence-corrected chi connectivity index (χ4v) is 2.75. The van der Waals surface area contributed by atoms with Crippen LogP contribution in [0.25, 0.3) is 0 Å². The van der Waals surface area contributed by atoms with E-state index in [4.69, 9.17) is 0 Å². The first kappa shape index (κ1) is 15.1. The summed E-state index contributed by atoms with van der Waals surface area (Å²) in [5, 5.41) is 0. The number of sulfonamides is 1. The number of carbonyl (C=O) groups is 1. The van der Waals surface area contributed by atoms with Crippen molar-refractivity contribution in [3.8, 4) is 0 Å². The summed E-state index contributed by atoms with van der Waals surface area (Å²) in [6.07, 6.45) is 0. The van der Waals surface area contributed by atoms with Gasteiger partial charge in [-0.15, -0.1) is 0 Å². The maximum absolute atomic E-state index is 12.9. The molecular weight excluding hydrogens is 329 g/mol. The predicted molar refractivity (Wildman–Crippen MR) is 66.3 cm³/mol. The maximum Gasteiger partial charge on any atom is 0.320 e. The Bertz CT molecular complexity index is 534. The molecule has 0 aliphatic heterocycles. The molecule has 1 aromatic rings. The SMILES string of the molecule is COC(=O)C(Br)CNS(=O)(=O)c1cccc(F)c1. The number of nitrogens with one attached hydrogen (secondary N) is 1. The van der Waals surface area contributed by atoms with E-state index in [0.717, 1.165) is 12.1 Å². The number of rotatable bonds is 5. The molecule has 1 unspecified atom stereocenters. The molecule has 1 aromatic carbocycles. The number of methoxy groups -OCH3 is 1. The van der Waals surface area contributed by atoms with Gasteiger partial charge in [-0.1, -0.05) is 22.0 Å². The Morgan fingerprint density at radius 3 is 2.78 bits per heavy atom. The Kier molecular flexibility index (Phi) is 5.24. The molecule has 0 aliphatic rings. The fraction of sp³-hybridized carbons (Fsp3) is 0.300. The molecule has 0 saturated carbocycles. The highest BCUT2D eigenvalue weighted by Gasteiger charge is 2.20. The Hall–Kier alpha value is -0.990. The van der Waals surface area contributed by atoms with Gasteiger partial charge in [0.1, 0.15) is 10.6 Å². The topological polar surface area (TPSA) is 72.5 Å². The van der Waals surface area contributed by atoms with Crippen molar-refractivity contribution in [2.45, 2.75) is 9.72 Å². The molecule has 1 atom stereocenters. The minimum Gasteiger partial charge on any atom is -0.468 e. The van der Waals surface area contributed by atoms with Gasteiger partial charge in [0, 0.05) is 6.54 Å². The Morgan fingerprint density at radius 2 is 2.22 bits per heavy atom. The molecule has 18 heavy (non-hydrogen) atoms. The summed E-state index contributed by atoms with van der Waals surface area (Å²) >= 11 is 2.97. The number of carbonyl (C=O) groups excluding carboxylic acids is 1. The van der Waals surface area contributed by atoms with Crippen LogP contribution in [0.4, 0.5) is 4.39 Å². The average Bonchev–Trinajstić information content (AvgIpc) is 2.35. The normalized spacial score (nSPS) is 13.1. The Morgan fingerprint density at radius 1 is 1.56 bits per heavy atom. The predicted octanol–water partition coefficient (Wildman–Crippen LogP) is 1.04. The molecule has 0 bridgehead atoms. The standard InChI is InChI=1S/C10H11BrFNO4S/c1-17-10(14)9(11)6-13-18(15,16)8-4-2-3-7(12)5-8/h2-5,9,13H,6H2,1H3. The van der Waals surface area contributed by atoms with Crippen LogP contribution in [0.2, 0.25) is 0 Å². The van der Waals surface area contributed by atoms with Crippen molar-refractivity contribution in [3.63, 3.8) is 0 Å². The number of esters is 1. The van der Waals surface area contributed by atoms with Crippen molar-refractivity contribution in [1.82, 2.24) is 4.72 Å². The van der Waals surface area contributed by atoms with Crippen molar-refractivity contribution in [3.05, 3.63) is 30.1 Å².